The number of ketones is 1. The maximum Gasteiger partial charge on any atom is 0.407 e. The van der Waals surface area contributed by atoms with E-state index in [1.54, 1.807) is 42.4 Å². The number of nitrogens with one attached hydrogen (secondary N) is 2. The number of ether oxygens (including phenoxy) is 2. The number of rotatable bonds is 10. The van der Waals surface area contributed by atoms with Gasteiger partial charge in [0, 0.05) is 37.5 Å². The number of halogens is 2. The van der Waals surface area contributed by atoms with E-state index in [1.807, 2.05) is 13.8 Å². The van der Waals surface area contributed by atoms with Gasteiger partial charge >= 0.3 is 6.09 Å². The molecule has 2 aromatic carbocycles. The smallest absolute Gasteiger partial charge is 0.407 e. The van der Waals surface area contributed by atoms with E-state index < -0.39 is 44.5 Å². The number of benzene rings is 2. The predicted octanol–water partition coefficient (Wildman–Crippen LogP) is 5.27. The highest BCUT2D eigenvalue weighted by Crippen LogP contribution is 2.40. The molecular weight excluding hydrogens is 640 g/mol. The molecular formula is C36H49F2N3O6S. The van der Waals surface area contributed by atoms with E-state index in [2.05, 4.69) is 10.6 Å². The van der Waals surface area contributed by atoms with Gasteiger partial charge < -0.3 is 20.1 Å². The predicted molar refractivity (Wildman–Crippen MR) is 179 cm³/mol. The summed E-state index contributed by atoms with van der Waals surface area (Å²) in [4.78, 5) is 27.1. The Morgan fingerprint density at radius 1 is 1.10 bits per heavy atom. The zero-order valence-corrected chi connectivity index (χ0v) is 29.3. The molecule has 0 saturated carbocycles. The molecule has 2 bridgehead atoms. The van der Waals surface area contributed by atoms with Gasteiger partial charge in [-0.05, 0) is 107 Å². The SMILES string of the molecule is COC(=O)N[C@H](C(=O)Cc1cccc(F)c1CC[C@H]1CN[C@@H]2CCC(C)(C)S(=O)(=O)N1C2)[C@@H](c1ccc(F)cc1)C1C[C@@H](C)O[C@@H](C)C1. The molecule has 2 aromatic rings. The van der Waals surface area contributed by atoms with Crippen LogP contribution < -0.4 is 10.6 Å². The third-order valence-corrected chi connectivity index (χ3v) is 13.2. The van der Waals surface area contributed by atoms with E-state index in [4.69, 9.17) is 9.47 Å². The van der Waals surface area contributed by atoms with Gasteiger partial charge in [0.2, 0.25) is 10.0 Å². The number of alkyl carbamates (subject to hydrolysis) is 1. The van der Waals surface area contributed by atoms with Gasteiger partial charge in [-0.2, -0.15) is 4.31 Å². The minimum atomic E-state index is -3.58. The van der Waals surface area contributed by atoms with Crippen molar-refractivity contribution in [1.29, 1.82) is 0 Å². The van der Waals surface area contributed by atoms with Gasteiger partial charge in [0.25, 0.3) is 0 Å². The molecule has 264 valence electrons. The Morgan fingerprint density at radius 2 is 1.79 bits per heavy atom. The molecule has 0 radical (unpaired) electrons. The number of Topliss-reactive ketones (excluding diaryl/α,β-unsaturated/α-hetero) is 1. The summed E-state index contributed by atoms with van der Waals surface area (Å²) >= 11 is 0. The highest BCUT2D eigenvalue weighted by Gasteiger charge is 2.47. The van der Waals surface area contributed by atoms with Crippen molar-refractivity contribution in [3.05, 3.63) is 70.8 Å². The van der Waals surface area contributed by atoms with Crippen molar-refractivity contribution >= 4 is 21.9 Å². The molecule has 5 rings (SSSR count). The fourth-order valence-electron chi connectivity index (χ4n) is 7.92. The van der Waals surface area contributed by atoms with Crippen molar-refractivity contribution in [2.75, 3.05) is 20.2 Å². The fourth-order valence-corrected chi connectivity index (χ4v) is 9.88. The number of sulfonamides is 1. The number of fused-ring (bicyclic) bond motifs is 2. The normalized spacial score (nSPS) is 29.2. The highest BCUT2D eigenvalue weighted by molar-refractivity contribution is 7.90. The molecule has 48 heavy (non-hydrogen) atoms. The second kappa shape index (κ2) is 14.9. The number of amides is 1. The molecule has 0 spiro atoms. The molecule has 0 aliphatic carbocycles. The Morgan fingerprint density at radius 3 is 2.46 bits per heavy atom. The van der Waals surface area contributed by atoms with Crippen LogP contribution in [0.5, 0.6) is 0 Å². The summed E-state index contributed by atoms with van der Waals surface area (Å²) in [6.45, 7) is 8.31. The Hall–Kier alpha value is -2.93. The molecule has 1 amide bonds. The summed E-state index contributed by atoms with van der Waals surface area (Å²) < 4.78 is 68.5. The van der Waals surface area contributed by atoms with E-state index in [0.717, 1.165) is 6.42 Å². The first-order chi connectivity index (χ1) is 22.7. The standard InChI is InChI=1S/C36H49F2N3O6S/c1-22-17-26(18-23(2)47-22)33(24-9-11-27(37)12-10-24)34(40-35(43)46-5)32(42)19-25-7-6-8-31(38)30(25)14-13-29-20-39-28-15-16-36(3,4)48(44,45)41(29)21-28/h6-12,22-23,26,28-29,33-34,39H,13-21H2,1-5H3,(H,40,43)/t22-,23+,26?,28-,29+,33+,34-/m1/s1. The maximum atomic E-state index is 15.6. The van der Waals surface area contributed by atoms with Crippen molar-refractivity contribution in [2.45, 2.75) is 114 Å². The van der Waals surface area contributed by atoms with Crippen molar-refractivity contribution in [1.82, 2.24) is 14.9 Å². The molecule has 12 heteroatoms. The Labute approximate surface area is 283 Å². The van der Waals surface area contributed by atoms with Crippen LogP contribution in [0.1, 0.15) is 82.4 Å². The van der Waals surface area contributed by atoms with Gasteiger partial charge in [0.05, 0.1) is 30.1 Å². The summed E-state index contributed by atoms with van der Waals surface area (Å²) in [6, 6.07) is 9.23. The number of piperazine rings is 1. The largest absolute Gasteiger partial charge is 0.453 e. The van der Waals surface area contributed by atoms with Crippen LogP contribution in [0.3, 0.4) is 0 Å². The Bertz CT molecular complexity index is 1560. The zero-order chi connectivity index (χ0) is 34.8. The Balaban J connectivity index is 1.43. The van der Waals surface area contributed by atoms with Crippen LogP contribution >= 0.6 is 0 Å². The third-order valence-electron chi connectivity index (χ3n) is 10.5. The molecule has 9 nitrogen and oxygen atoms in total. The quantitative estimate of drug-likeness (QED) is 0.350. The number of hydrogen-bond acceptors (Lipinski definition) is 7. The lowest BCUT2D eigenvalue weighted by molar-refractivity contribution is -0.122. The van der Waals surface area contributed by atoms with Crippen LogP contribution in [0, 0.1) is 17.6 Å². The van der Waals surface area contributed by atoms with Crippen LogP contribution in [-0.4, -0.2) is 79.9 Å². The van der Waals surface area contributed by atoms with Gasteiger partial charge in [0.15, 0.2) is 5.78 Å². The first-order valence-corrected chi connectivity index (χ1v) is 18.4. The van der Waals surface area contributed by atoms with E-state index in [-0.39, 0.29) is 48.8 Å². The average Bonchev–Trinajstić information content (AvgIpc) is 3.09. The van der Waals surface area contributed by atoms with Crippen molar-refractivity contribution < 1.29 is 36.3 Å². The second-order valence-corrected chi connectivity index (χ2v) is 16.9. The van der Waals surface area contributed by atoms with Crippen molar-refractivity contribution in [2.24, 2.45) is 5.92 Å². The highest BCUT2D eigenvalue weighted by atomic mass is 32.2. The van der Waals surface area contributed by atoms with Crippen LogP contribution in [0.2, 0.25) is 0 Å². The molecule has 3 fully saturated rings. The van der Waals surface area contributed by atoms with Crippen LogP contribution in [0.25, 0.3) is 0 Å². The van der Waals surface area contributed by atoms with E-state index >= 15 is 4.39 Å². The van der Waals surface area contributed by atoms with Gasteiger partial charge in [-0.25, -0.2) is 22.0 Å². The number of hydrogen-bond donors (Lipinski definition) is 2. The molecule has 2 N–H and O–H groups in total. The van der Waals surface area contributed by atoms with Crippen LogP contribution in [0.15, 0.2) is 42.5 Å². The summed E-state index contributed by atoms with van der Waals surface area (Å²) in [7, 11) is -2.36. The minimum Gasteiger partial charge on any atom is -0.453 e. The van der Waals surface area contributed by atoms with Crippen LogP contribution in [-0.2, 0) is 37.1 Å². The lowest BCUT2D eigenvalue weighted by Crippen LogP contribution is -2.58. The molecule has 3 heterocycles. The molecule has 3 saturated heterocycles. The summed E-state index contributed by atoms with van der Waals surface area (Å²) in [5, 5.41) is 6.25. The average molecular weight is 690 g/mol. The number of methoxy groups -OCH3 is 1. The topological polar surface area (TPSA) is 114 Å². The molecule has 3 aliphatic rings. The van der Waals surface area contributed by atoms with E-state index in [1.165, 1.54) is 25.3 Å². The van der Waals surface area contributed by atoms with Crippen molar-refractivity contribution in [3.63, 3.8) is 0 Å². The summed E-state index contributed by atoms with van der Waals surface area (Å²) in [5.74, 6) is -1.84. The summed E-state index contributed by atoms with van der Waals surface area (Å²) in [5.41, 5.74) is 1.52. The third kappa shape index (κ3) is 7.93. The van der Waals surface area contributed by atoms with Gasteiger partial charge in [-0.1, -0.05) is 24.3 Å². The second-order valence-electron chi connectivity index (χ2n) is 14.4. The van der Waals surface area contributed by atoms with E-state index in [0.29, 0.717) is 55.5 Å². The lowest BCUT2D eigenvalue weighted by Gasteiger charge is -2.40. The monoisotopic (exact) mass is 689 g/mol. The molecule has 2 unspecified atom stereocenters. The Kier molecular flexibility index (Phi) is 11.3. The minimum absolute atomic E-state index is 0.0782. The fraction of sp³-hybridized carbons (Fsp3) is 0.611. The lowest BCUT2D eigenvalue weighted by atomic mass is 9.72. The molecule has 8 atom stereocenters. The number of carbonyl (C=O) groups excluding carboxylic acids is 2. The van der Waals surface area contributed by atoms with Crippen molar-refractivity contribution in [3.8, 4) is 0 Å². The van der Waals surface area contributed by atoms with Gasteiger partial charge in [-0.15, -0.1) is 0 Å². The first kappa shape index (κ1) is 36.4. The van der Waals surface area contributed by atoms with E-state index in [9.17, 15) is 22.4 Å². The zero-order valence-electron chi connectivity index (χ0n) is 28.5. The summed E-state index contributed by atoms with van der Waals surface area (Å²) in [6.07, 6.45) is 2.03. The maximum absolute atomic E-state index is 15.6. The first-order valence-electron chi connectivity index (χ1n) is 17.0. The molecule has 3 aliphatic heterocycles. The number of nitrogens with zero attached hydrogens (tertiary/aromatic N) is 1. The van der Waals surface area contributed by atoms with Gasteiger partial charge in [-0.3, -0.25) is 4.79 Å². The molecule has 0 aromatic heterocycles. The number of carbonyl (C=O) groups is 2. The van der Waals surface area contributed by atoms with Crippen LogP contribution in [0.4, 0.5) is 13.6 Å². The van der Waals surface area contributed by atoms with Gasteiger partial charge in [0.1, 0.15) is 11.6 Å².